The highest BCUT2D eigenvalue weighted by molar-refractivity contribution is 7.18. The third-order valence-corrected chi connectivity index (χ3v) is 5.29. The summed E-state index contributed by atoms with van der Waals surface area (Å²) in [6.45, 7) is 0.683. The molecule has 1 fully saturated rings. The zero-order valence-electron chi connectivity index (χ0n) is 13.5. The van der Waals surface area contributed by atoms with Crippen LogP contribution in [0.2, 0.25) is 0 Å². The van der Waals surface area contributed by atoms with Gasteiger partial charge in [-0.3, -0.25) is 9.59 Å². The Morgan fingerprint density at radius 1 is 1.35 bits per heavy atom. The molecule has 2 heterocycles. The second-order valence-electron chi connectivity index (χ2n) is 6.05. The van der Waals surface area contributed by atoms with Crippen molar-refractivity contribution in [3.05, 3.63) is 29.3 Å². The fraction of sp³-hybridized carbons (Fsp3) is 0.471. The van der Waals surface area contributed by atoms with Crippen LogP contribution in [0.15, 0.2) is 24.3 Å². The molecule has 0 spiro atoms. The van der Waals surface area contributed by atoms with Crippen LogP contribution in [0, 0.1) is 0 Å². The Bertz CT molecular complexity index is 692. The lowest BCUT2D eigenvalue weighted by Crippen LogP contribution is -2.45. The number of benzene rings is 1. The number of likely N-dealkylation sites (N-methyl/N-ethyl adjacent to an activating group) is 1. The summed E-state index contributed by atoms with van der Waals surface area (Å²) >= 11 is 1.64. The number of aryl methyl sites for hydroxylation is 1. The number of amides is 2. The quantitative estimate of drug-likeness (QED) is 0.864. The minimum Gasteiger partial charge on any atom is -0.347 e. The predicted octanol–water partition coefficient (Wildman–Crippen LogP) is 2.31. The van der Waals surface area contributed by atoms with Crippen LogP contribution < -0.4 is 0 Å². The number of carbonyl (C=O) groups excluding carboxylic acids is 2. The van der Waals surface area contributed by atoms with Crippen molar-refractivity contribution in [3.8, 4) is 0 Å². The average Bonchev–Trinajstić information content (AvgIpc) is 3.17. The Hall–Kier alpha value is -1.95. The minimum atomic E-state index is -0.284. The van der Waals surface area contributed by atoms with Crippen molar-refractivity contribution in [3.63, 3.8) is 0 Å². The molecule has 1 aromatic carbocycles. The topological polar surface area (TPSA) is 53.5 Å². The number of likely N-dealkylation sites (tertiary alicyclic amines) is 1. The first kappa shape index (κ1) is 15.9. The summed E-state index contributed by atoms with van der Waals surface area (Å²) in [4.78, 5) is 32.6. The van der Waals surface area contributed by atoms with Gasteiger partial charge in [0, 0.05) is 33.5 Å². The van der Waals surface area contributed by atoms with Crippen LogP contribution in [0.5, 0.6) is 0 Å². The van der Waals surface area contributed by atoms with Gasteiger partial charge in [0.2, 0.25) is 11.8 Å². The molecule has 1 aliphatic rings. The molecule has 0 N–H and O–H groups in total. The third-order valence-electron chi connectivity index (χ3n) is 4.19. The zero-order valence-corrected chi connectivity index (χ0v) is 14.3. The number of aromatic nitrogens is 1. The standard InChI is InChI=1S/C17H21N3O2S/c1-19(2)17(22)13-7-5-11-20(13)16(21)10-9-15-18-12-6-3-4-8-14(12)23-15/h3-4,6,8,13H,5,7,9-11H2,1-2H3. The molecular formula is C17H21N3O2S. The molecule has 1 atom stereocenters. The molecule has 0 bridgehead atoms. The monoisotopic (exact) mass is 331 g/mol. The molecule has 2 amide bonds. The fourth-order valence-electron chi connectivity index (χ4n) is 3.00. The lowest BCUT2D eigenvalue weighted by Gasteiger charge is -2.26. The number of rotatable bonds is 4. The number of nitrogens with zero attached hydrogens (tertiary/aromatic N) is 3. The molecule has 0 radical (unpaired) electrons. The molecule has 1 aromatic heterocycles. The molecule has 1 unspecified atom stereocenters. The maximum atomic E-state index is 12.5. The lowest BCUT2D eigenvalue weighted by molar-refractivity contribution is -0.142. The van der Waals surface area contributed by atoms with Crippen LogP contribution in [0.3, 0.4) is 0 Å². The first-order valence-electron chi connectivity index (χ1n) is 7.91. The van der Waals surface area contributed by atoms with Gasteiger partial charge in [-0.1, -0.05) is 12.1 Å². The van der Waals surface area contributed by atoms with E-state index < -0.39 is 0 Å². The molecule has 3 rings (SSSR count). The van der Waals surface area contributed by atoms with Crippen molar-refractivity contribution < 1.29 is 9.59 Å². The fourth-order valence-corrected chi connectivity index (χ4v) is 3.97. The summed E-state index contributed by atoms with van der Waals surface area (Å²) in [7, 11) is 3.48. The van der Waals surface area contributed by atoms with Gasteiger partial charge in [0.1, 0.15) is 6.04 Å². The van der Waals surface area contributed by atoms with E-state index in [1.165, 1.54) is 0 Å². The molecule has 5 nitrogen and oxygen atoms in total. The third kappa shape index (κ3) is 3.37. The largest absolute Gasteiger partial charge is 0.347 e. The van der Waals surface area contributed by atoms with Crippen LogP contribution in [-0.4, -0.2) is 53.3 Å². The lowest BCUT2D eigenvalue weighted by atomic mass is 10.2. The van der Waals surface area contributed by atoms with Gasteiger partial charge in [0.05, 0.1) is 15.2 Å². The molecule has 0 aliphatic carbocycles. The van der Waals surface area contributed by atoms with E-state index in [-0.39, 0.29) is 17.9 Å². The second kappa shape index (κ2) is 6.66. The summed E-state index contributed by atoms with van der Waals surface area (Å²) in [6.07, 6.45) is 2.72. The van der Waals surface area contributed by atoms with Gasteiger partial charge in [0.15, 0.2) is 0 Å². The van der Waals surface area contributed by atoms with Gasteiger partial charge in [-0.25, -0.2) is 4.98 Å². The molecule has 0 saturated carbocycles. The summed E-state index contributed by atoms with van der Waals surface area (Å²) < 4.78 is 1.15. The summed E-state index contributed by atoms with van der Waals surface area (Å²) in [5, 5.41) is 0.981. The SMILES string of the molecule is CN(C)C(=O)C1CCCN1C(=O)CCc1nc2ccccc2s1. The maximum absolute atomic E-state index is 12.5. The smallest absolute Gasteiger partial charge is 0.244 e. The number of carbonyl (C=O) groups is 2. The Labute approximate surface area is 139 Å². The number of thiazole rings is 1. The van der Waals surface area contributed by atoms with Crippen LogP contribution in [-0.2, 0) is 16.0 Å². The van der Waals surface area contributed by atoms with Crippen molar-refractivity contribution in [2.24, 2.45) is 0 Å². The van der Waals surface area contributed by atoms with Crippen molar-refractivity contribution in [2.75, 3.05) is 20.6 Å². The molecule has 122 valence electrons. The Balaban J connectivity index is 1.63. The van der Waals surface area contributed by atoms with Gasteiger partial charge >= 0.3 is 0 Å². The van der Waals surface area contributed by atoms with Crippen LogP contribution >= 0.6 is 11.3 Å². The van der Waals surface area contributed by atoms with Crippen molar-refractivity contribution in [2.45, 2.75) is 31.7 Å². The summed E-state index contributed by atoms with van der Waals surface area (Å²) in [5.74, 6) is 0.0813. The van der Waals surface area contributed by atoms with Crippen LogP contribution in [0.25, 0.3) is 10.2 Å². The van der Waals surface area contributed by atoms with Crippen molar-refractivity contribution in [1.29, 1.82) is 0 Å². The first-order chi connectivity index (χ1) is 11.1. The van der Waals surface area contributed by atoms with Gasteiger partial charge in [-0.05, 0) is 25.0 Å². The van der Waals surface area contributed by atoms with Crippen LogP contribution in [0.4, 0.5) is 0 Å². The average molecular weight is 331 g/mol. The van der Waals surface area contributed by atoms with Crippen LogP contribution in [0.1, 0.15) is 24.3 Å². The van der Waals surface area contributed by atoms with Gasteiger partial charge in [-0.2, -0.15) is 0 Å². The van der Waals surface area contributed by atoms with Gasteiger partial charge in [0.25, 0.3) is 0 Å². The Kier molecular flexibility index (Phi) is 4.61. The van der Waals surface area contributed by atoms with E-state index in [2.05, 4.69) is 4.98 Å². The molecule has 1 aliphatic heterocycles. The van der Waals surface area contributed by atoms with Crippen molar-refractivity contribution >= 4 is 33.4 Å². The van der Waals surface area contributed by atoms with Gasteiger partial charge in [-0.15, -0.1) is 11.3 Å². The highest BCUT2D eigenvalue weighted by Gasteiger charge is 2.34. The maximum Gasteiger partial charge on any atom is 0.244 e. The minimum absolute atomic E-state index is 0.0239. The number of hydrogen-bond donors (Lipinski definition) is 0. The number of para-hydroxylation sites is 1. The number of hydrogen-bond acceptors (Lipinski definition) is 4. The van der Waals surface area contributed by atoms with E-state index >= 15 is 0 Å². The molecule has 2 aromatic rings. The van der Waals surface area contributed by atoms with E-state index in [1.54, 1.807) is 35.2 Å². The first-order valence-corrected chi connectivity index (χ1v) is 8.73. The van der Waals surface area contributed by atoms with Crippen molar-refractivity contribution in [1.82, 2.24) is 14.8 Å². The summed E-state index contributed by atoms with van der Waals surface area (Å²) in [5.41, 5.74) is 0.988. The highest BCUT2D eigenvalue weighted by Crippen LogP contribution is 2.24. The van der Waals surface area contributed by atoms with E-state index in [1.807, 2.05) is 24.3 Å². The molecular weight excluding hydrogens is 310 g/mol. The van der Waals surface area contributed by atoms with E-state index in [0.29, 0.717) is 19.4 Å². The zero-order chi connectivity index (χ0) is 16.4. The Morgan fingerprint density at radius 2 is 2.13 bits per heavy atom. The second-order valence-corrected chi connectivity index (χ2v) is 7.17. The molecule has 1 saturated heterocycles. The predicted molar refractivity (Wildman–Crippen MR) is 91.4 cm³/mol. The van der Waals surface area contributed by atoms with Gasteiger partial charge < -0.3 is 9.80 Å². The van der Waals surface area contributed by atoms with E-state index in [9.17, 15) is 9.59 Å². The highest BCUT2D eigenvalue weighted by atomic mass is 32.1. The normalized spacial score (nSPS) is 17.7. The molecule has 23 heavy (non-hydrogen) atoms. The van der Waals surface area contributed by atoms with E-state index in [0.717, 1.165) is 28.1 Å². The number of fused-ring (bicyclic) bond motifs is 1. The van der Waals surface area contributed by atoms with E-state index in [4.69, 9.17) is 0 Å². The Morgan fingerprint density at radius 3 is 2.87 bits per heavy atom. The summed E-state index contributed by atoms with van der Waals surface area (Å²) in [6, 6.07) is 7.72. The molecule has 6 heteroatoms.